The van der Waals surface area contributed by atoms with E-state index >= 15 is 0 Å². The van der Waals surface area contributed by atoms with Crippen molar-refractivity contribution in [3.05, 3.63) is 0 Å². The zero-order valence-electron chi connectivity index (χ0n) is 21.1. The molecule has 0 amide bonds. The molecule has 4 saturated carbocycles. The smallest absolute Gasteiger partial charge is 0.311 e. The summed E-state index contributed by atoms with van der Waals surface area (Å²) in [5, 5.41) is 23.8. The summed E-state index contributed by atoms with van der Waals surface area (Å²) in [7, 11) is 0. The minimum Gasteiger partial charge on any atom is -0.467 e. The van der Waals surface area contributed by atoms with Crippen LogP contribution in [0, 0.1) is 39.9 Å². The fraction of sp³-hybridized carbons (Fsp3) is 0.926. The second-order valence-electron chi connectivity index (χ2n) is 12.9. The fourth-order valence-corrected chi connectivity index (χ4v) is 8.75. The Morgan fingerprint density at radius 1 is 1.12 bits per heavy atom. The minimum absolute atomic E-state index is 0.0358. The van der Waals surface area contributed by atoms with Crippen LogP contribution in [-0.4, -0.2) is 47.1 Å². The van der Waals surface area contributed by atoms with Crippen LogP contribution >= 0.6 is 0 Å². The molecular formula is C27H44O6. The zero-order chi connectivity index (χ0) is 24.2. The Morgan fingerprint density at radius 3 is 2.52 bits per heavy atom. The molecule has 4 fully saturated rings. The molecular weight excluding hydrogens is 420 g/mol. The van der Waals surface area contributed by atoms with Crippen LogP contribution in [0.5, 0.6) is 0 Å². The molecule has 33 heavy (non-hydrogen) atoms. The van der Waals surface area contributed by atoms with Gasteiger partial charge in [0.1, 0.15) is 6.10 Å². The first-order valence-corrected chi connectivity index (χ1v) is 13.1. The average molecular weight is 465 g/mol. The van der Waals surface area contributed by atoms with E-state index in [1.54, 1.807) is 0 Å². The van der Waals surface area contributed by atoms with Crippen LogP contribution in [0.25, 0.3) is 0 Å². The van der Waals surface area contributed by atoms with Gasteiger partial charge in [0.15, 0.2) is 0 Å². The van der Waals surface area contributed by atoms with Gasteiger partial charge in [-0.1, -0.05) is 19.8 Å². The summed E-state index contributed by atoms with van der Waals surface area (Å²) in [6.45, 7) is 10.6. The molecule has 6 heteroatoms. The Kier molecular flexibility index (Phi) is 6.44. The zero-order valence-corrected chi connectivity index (χ0v) is 21.1. The van der Waals surface area contributed by atoms with Gasteiger partial charge in [0.2, 0.25) is 0 Å². The van der Waals surface area contributed by atoms with Gasteiger partial charge in [0.05, 0.1) is 23.7 Å². The largest absolute Gasteiger partial charge is 0.467 e. The number of fused-ring (bicyclic) bond motifs is 5. The standard InChI is InChI=1S/C27H44O6/c1-17(33-23(30)24(2,3)4)21-14-22(29)27(31)20-10-9-18-8-6-7-12-26(18,15-32-16-28)19(20)11-13-25(21,27)5/h16-22,29,31H,6-15H2,1-5H3/t17?,18?,19-,20+,21+,22?,25+,26+,27-/m0/s1. The molecule has 4 aliphatic carbocycles. The van der Waals surface area contributed by atoms with E-state index in [9.17, 15) is 19.8 Å². The monoisotopic (exact) mass is 464 g/mol. The van der Waals surface area contributed by atoms with Crippen LogP contribution in [0.3, 0.4) is 0 Å². The van der Waals surface area contributed by atoms with Gasteiger partial charge >= 0.3 is 5.97 Å². The lowest BCUT2D eigenvalue weighted by atomic mass is 9.43. The van der Waals surface area contributed by atoms with Crippen molar-refractivity contribution in [3.8, 4) is 0 Å². The fourth-order valence-electron chi connectivity index (χ4n) is 8.75. The summed E-state index contributed by atoms with van der Waals surface area (Å²) >= 11 is 0. The molecule has 0 saturated heterocycles. The van der Waals surface area contributed by atoms with Gasteiger partial charge in [-0.05, 0) is 90.4 Å². The van der Waals surface area contributed by atoms with Gasteiger partial charge in [-0.15, -0.1) is 0 Å². The van der Waals surface area contributed by atoms with Crippen LogP contribution in [-0.2, 0) is 19.1 Å². The molecule has 0 heterocycles. The van der Waals surface area contributed by atoms with Gasteiger partial charge in [0.25, 0.3) is 6.47 Å². The lowest BCUT2D eigenvalue weighted by molar-refractivity contribution is -0.246. The summed E-state index contributed by atoms with van der Waals surface area (Å²) in [4.78, 5) is 23.7. The number of carbonyl (C=O) groups excluding carboxylic acids is 2. The molecule has 0 aromatic carbocycles. The lowest BCUT2D eigenvalue weighted by Gasteiger charge is -2.64. The van der Waals surface area contributed by atoms with E-state index in [2.05, 4.69) is 6.92 Å². The van der Waals surface area contributed by atoms with Gasteiger partial charge < -0.3 is 19.7 Å². The van der Waals surface area contributed by atoms with Crippen molar-refractivity contribution < 1.29 is 29.3 Å². The van der Waals surface area contributed by atoms with E-state index < -0.39 is 22.5 Å². The number of carbonyl (C=O) groups is 2. The summed E-state index contributed by atoms with van der Waals surface area (Å²) < 4.78 is 11.3. The molecule has 0 spiro atoms. The molecule has 0 aliphatic heterocycles. The summed E-state index contributed by atoms with van der Waals surface area (Å²) in [6, 6.07) is 0. The summed E-state index contributed by atoms with van der Waals surface area (Å²) in [5.41, 5.74) is -2.44. The quantitative estimate of drug-likeness (QED) is 0.467. The molecule has 0 aromatic heterocycles. The van der Waals surface area contributed by atoms with E-state index in [4.69, 9.17) is 9.47 Å². The normalized spacial score (nSPS) is 45.8. The maximum Gasteiger partial charge on any atom is 0.311 e. The van der Waals surface area contributed by atoms with Crippen molar-refractivity contribution in [2.24, 2.45) is 39.9 Å². The molecule has 4 aliphatic rings. The van der Waals surface area contributed by atoms with Gasteiger partial charge in [-0.25, -0.2) is 0 Å². The number of aliphatic hydroxyl groups is 2. The molecule has 6 nitrogen and oxygen atoms in total. The maximum atomic E-state index is 12.6. The maximum absolute atomic E-state index is 12.6. The molecule has 0 radical (unpaired) electrons. The third-order valence-electron chi connectivity index (χ3n) is 10.5. The molecule has 2 N–H and O–H groups in total. The molecule has 0 bridgehead atoms. The van der Waals surface area contributed by atoms with E-state index in [-0.39, 0.29) is 35.2 Å². The van der Waals surface area contributed by atoms with Crippen LogP contribution in [0.4, 0.5) is 0 Å². The minimum atomic E-state index is -1.22. The van der Waals surface area contributed by atoms with Crippen molar-refractivity contribution in [2.45, 2.75) is 110 Å². The van der Waals surface area contributed by atoms with Gasteiger partial charge in [-0.2, -0.15) is 0 Å². The Balaban J connectivity index is 1.65. The van der Waals surface area contributed by atoms with Crippen LogP contribution in [0.2, 0.25) is 0 Å². The number of ether oxygens (including phenoxy) is 2. The highest BCUT2D eigenvalue weighted by atomic mass is 16.5. The van der Waals surface area contributed by atoms with Gasteiger partial charge in [0, 0.05) is 16.7 Å². The highest BCUT2D eigenvalue weighted by molar-refractivity contribution is 5.75. The number of hydrogen-bond donors (Lipinski definition) is 2. The number of rotatable bonds is 5. The highest BCUT2D eigenvalue weighted by Crippen LogP contribution is 2.69. The van der Waals surface area contributed by atoms with E-state index in [0.717, 1.165) is 44.9 Å². The van der Waals surface area contributed by atoms with Gasteiger partial charge in [-0.3, -0.25) is 9.59 Å². The van der Waals surface area contributed by atoms with Crippen molar-refractivity contribution in [1.29, 1.82) is 0 Å². The number of hydrogen-bond acceptors (Lipinski definition) is 6. The predicted octanol–water partition coefficient (Wildman–Crippen LogP) is 4.25. The third kappa shape index (κ3) is 3.65. The lowest BCUT2D eigenvalue weighted by Crippen LogP contribution is -2.66. The average Bonchev–Trinajstić information content (AvgIpc) is 2.98. The Bertz CT molecular complexity index is 760. The number of esters is 1. The predicted molar refractivity (Wildman–Crippen MR) is 124 cm³/mol. The molecule has 4 rings (SSSR count). The van der Waals surface area contributed by atoms with Crippen molar-refractivity contribution in [3.63, 3.8) is 0 Å². The van der Waals surface area contributed by atoms with Crippen molar-refractivity contribution in [1.82, 2.24) is 0 Å². The van der Waals surface area contributed by atoms with E-state index in [0.29, 0.717) is 25.4 Å². The van der Waals surface area contributed by atoms with Crippen molar-refractivity contribution in [2.75, 3.05) is 6.61 Å². The Morgan fingerprint density at radius 2 is 1.85 bits per heavy atom. The van der Waals surface area contributed by atoms with E-state index in [1.165, 1.54) is 6.42 Å². The topological polar surface area (TPSA) is 93.1 Å². The molecule has 9 atom stereocenters. The Hall–Kier alpha value is -1.14. The first-order valence-electron chi connectivity index (χ1n) is 13.1. The second kappa shape index (κ2) is 8.51. The summed E-state index contributed by atoms with van der Waals surface area (Å²) in [6.07, 6.45) is 7.38. The molecule has 188 valence electrons. The highest BCUT2D eigenvalue weighted by Gasteiger charge is 2.72. The SMILES string of the molecule is CC(OC(=O)C(C)(C)C)[C@H]1CC(O)[C@@]2(O)[C@@H]3CCC4CCCC[C@]4(COC=O)[C@H]3CC[C@]12C. The number of aliphatic hydroxyl groups excluding tert-OH is 1. The first kappa shape index (κ1) is 25.0. The van der Waals surface area contributed by atoms with Crippen molar-refractivity contribution >= 4 is 12.4 Å². The molecule has 0 aromatic rings. The van der Waals surface area contributed by atoms with Crippen LogP contribution in [0.15, 0.2) is 0 Å². The first-order chi connectivity index (χ1) is 15.4. The Labute approximate surface area is 198 Å². The van der Waals surface area contributed by atoms with Crippen LogP contribution in [0.1, 0.15) is 92.4 Å². The third-order valence-corrected chi connectivity index (χ3v) is 10.5. The molecule has 3 unspecified atom stereocenters. The second-order valence-corrected chi connectivity index (χ2v) is 12.9. The van der Waals surface area contributed by atoms with Crippen LogP contribution < -0.4 is 0 Å². The van der Waals surface area contributed by atoms with E-state index in [1.807, 2.05) is 27.7 Å². The summed E-state index contributed by atoms with van der Waals surface area (Å²) in [5.74, 6) is 0.365.